The largest absolute Gasteiger partial charge is 0.493 e. The molecule has 0 amide bonds. The number of hydrogen-bond acceptors (Lipinski definition) is 1. The van der Waals surface area contributed by atoms with E-state index in [0.717, 1.165) is 18.8 Å². The highest BCUT2D eigenvalue weighted by molar-refractivity contribution is 5.91. The zero-order valence-electron chi connectivity index (χ0n) is 7.21. The summed E-state index contributed by atoms with van der Waals surface area (Å²) in [6.07, 6.45) is 3.16. The maximum absolute atomic E-state index is 5.51. The van der Waals surface area contributed by atoms with E-state index in [-0.39, 0.29) is 0 Å². The number of ether oxygens (including phenoxy) is 1. The average Bonchev–Trinajstić information content (AvgIpc) is 2.07. The van der Waals surface area contributed by atoms with Crippen LogP contribution < -0.4 is 0 Å². The number of rotatable bonds is 3. The fourth-order valence-corrected chi connectivity index (χ4v) is 1.32. The summed E-state index contributed by atoms with van der Waals surface area (Å²) in [4.78, 5) is 0. The lowest BCUT2D eigenvalue weighted by Gasteiger charge is -2.19. The Hall–Kier alpha value is -1.24. The molecule has 0 N–H and O–H groups in total. The summed E-state index contributed by atoms with van der Waals surface area (Å²) in [6.45, 7) is 2.94. The van der Waals surface area contributed by atoms with E-state index in [9.17, 15) is 0 Å². The maximum Gasteiger partial charge on any atom is 0.127 e. The van der Waals surface area contributed by atoms with Crippen molar-refractivity contribution >= 4 is 11.8 Å². The summed E-state index contributed by atoms with van der Waals surface area (Å²) in [5, 5.41) is 0. The Morgan fingerprint density at radius 2 is 2.08 bits per heavy atom. The van der Waals surface area contributed by atoms with Crippen molar-refractivity contribution in [1.29, 1.82) is 0 Å². The van der Waals surface area contributed by atoms with Crippen molar-refractivity contribution in [2.24, 2.45) is 0 Å². The average molecular weight is 160 g/mol. The van der Waals surface area contributed by atoms with E-state index in [0.29, 0.717) is 0 Å². The molecule has 2 rings (SSSR count). The van der Waals surface area contributed by atoms with Gasteiger partial charge in [0.05, 0.1) is 6.61 Å². The van der Waals surface area contributed by atoms with Crippen molar-refractivity contribution < 1.29 is 4.74 Å². The van der Waals surface area contributed by atoms with Gasteiger partial charge in [-0.1, -0.05) is 31.2 Å². The molecule has 1 nitrogen and oxygen atoms in total. The van der Waals surface area contributed by atoms with Gasteiger partial charge in [-0.05, 0) is 18.1 Å². The molecule has 1 aliphatic rings. The van der Waals surface area contributed by atoms with Gasteiger partial charge in [-0.25, -0.2) is 0 Å². The third-order valence-electron chi connectivity index (χ3n) is 1.97. The van der Waals surface area contributed by atoms with Crippen molar-refractivity contribution in [3.63, 3.8) is 0 Å². The first-order chi connectivity index (χ1) is 5.92. The monoisotopic (exact) mass is 160 g/mol. The van der Waals surface area contributed by atoms with E-state index in [1.807, 2.05) is 12.1 Å². The van der Waals surface area contributed by atoms with Crippen LogP contribution in [0, 0.1) is 0 Å². The van der Waals surface area contributed by atoms with E-state index in [2.05, 4.69) is 25.1 Å². The summed E-state index contributed by atoms with van der Waals surface area (Å²) < 4.78 is 5.51. The SMILES string of the molecule is CCCOC1=Cc2ccccc21. The molecule has 0 aromatic heterocycles. The number of hydrogen-bond donors (Lipinski definition) is 0. The van der Waals surface area contributed by atoms with Gasteiger partial charge in [0.2, 0.25) is 0 Å². The molecule has 0 saturated carbocycles. The number of fused-ring (bicyclic) bond motifs is 1. The second-order valence-corrected chi connectivity index (χ2v) is 2.94. The molecule has 0 fully saturated rings. The number of benzene rings is 1. The smallest absolute Gasteiger partial charge is 0.127 e. The van der Waals surface area contributed by atoms with E-state index < -0.39 is 0 Å². The van der Waals surface area contributed by atoms with Crippen LogP contribution in [0.5, 0.6) is 0 Å². The van der Waals surface area contributed by atoms with Crippen molar-refractivity contribution in [3.8, 4) is 0 Å². The zero-order chi connectivity index (χ0) is 8.39. The van der Waals surface area contributed by atoms with Crippen LogP contribution in [0.2, 0.25) is 0 Å². The summed E-state index contributed by atoms with van der Waals surface area (Å²) >= 11 is 0. The Morgan fingerprint density at radius 3 is 2.83 bits per heavy atom. The van der Waals surface area contributed by atoms with Gasteiger partial charge in [0, 0.05) is 5.56 Å². The minimum atomic E-state index is 0.820. The summed E-state index contributed by atoms with van der Waals surface area (Å²) in [5.41, 5.74) is 2.55. The minimum absolute atomic E-state index is 0.820. The minimum Gasteiger partial charge on any atom is -0.493 e. The normalized spacial score (nSPS) is 12.9. The van der Waals surface area contributed by atoms with Crippen LogP contribution in [0.25, 0.3) is 11.8 Å². The van der Waals surface area contributed by atoms with Crippen molar-refractivity contribution in [3.05, 3.63) is 35.4 Å². The van der Waals surface area contributed by atoms with Crippen LogP contribution in [0.15, 0.2) is 24.3 Å². The molecule has 0 bridgehead atoms. The Balaban J connectivity index is 2.07. The van der Waals surface area contributed by atoms with E-state index in [1.165, 1.54) is 11.1 Å². The fraction of sp³-hybridized carbons (Fsp3) is 0.273. The van der Waals surface area contributed by atoms with Crippen LogP contribution in [0.1, 0.15) is 24.5 Å². The molecule has 62 valence electrons. The van der Waals surface area contributed by atoms with E-state index >= 15 is 0 Å². The highest BCUT2D eigenvalue weighted by Crippen LogP contribution is 2.32. The molecule has 12 heavy (non-hydrogen) atoms. The fourth-order valence-electron chi connectivity index (χ4n) is 1.32. The molecule has 1 aliphatic carbocycles. The van der Waals surface area contributed by atoms with Gasteiger partial charge in [0.1, 0.15) is 5.76 Å². The van der Waals surface area contributed by atoms with Crippen LogP contribution >= 0.6 is 0 Å². The van der Waals surface area contributed by atoms with Gasteiger partial charge in [0.15, 0.2) is 0 Å². The quantitative estimate of drug-likeness (QED) is 0.660. The maximum atomic E-state index is 5.51. The molecule has 0 spiro atoms. The zero-order valence-corrected chi connectivity index (χ0v) is 7.21. The predicted molar refractivity (Wildman–Crippen MR) is 50.6 cm³/mol. The Kier molecular flexibility index (Phi) is 1.86. The molecule has 0 unspecified atom stereocenters. The van der Waals surface area contributed by atoms with Gasteiger partial charge in [-0.15, -0.1) is 0 Å². The first-order valence-corrected chi connectivity index (χ1v) is 4.35. The standard InChI is InChI=1S/C11H12O/c1-2-7-12-11-8-9-5-3-4-6-10(9)11/h3-6,8H,2,7H2,1H3. The summed E-state index contributed by atoms with van der Waals surface area (Å²) in [5.74, 6) is 1.05. The van der Waals surface area contributed by atoms with Crippen molar-refractivity contribution in [2.75, 3.05) is 6.61 Å². The van der Waals surface area contributed by atoms with Crippen molar-refractivity contribution in [1.82, 2.24) is 0 Å². The van der Waals surface area contributed by atoms with Crippen molar-refractivity contribution in [2.45, 2.75) is 13.3 Å². The van der Waals surface area contributed by atoms with Gasteiger partial charge < -0.3 is 4.74 Å². The first kappa shape index (κ1) is 7.41. The second-order valence-electron chi connectivity index (χ2n) is 2.94. The van der Waals surface area contributed by atoms with Gasteiger partial charge in [-0.2, -0.15) is 0 Å². The van der Waals surface area contributed by atoms with E-state index in [1.54, 1.807) is 0 Å². The summed E-state index contributed by atoms with van der Waals surface area (Å²) in [7, 11) is 0. The molecule has 0 atom stereocenters. The highest BCUT2D eigenvalue weighted by atomic mass is 16.5. The molecule has 1 aromatic carbocycles. The lowest BCUT2D eigenvalue weighted by molar-refractivity contribution is 0.277. The molecular formula is C11H12O. The lowest BCUT2D eigenvalue weighted by atomic mass is 9.96. The highest BCUT2D eigenvalue weighted by Gasteiger charge is 2.15. The van der Waals surface area contributed by atoms with Gasteiger partial charge >= 0.3 is 0 Å². The first-order valence-electron chi connectivity index (χ1n) is 4.35. The van der Waals surface area contributed by atoms with Crippen LogP contribution in [-0.4, -0.2) is 6.61 Å². The Morgan fingerprint density at radius 1 is 1.25 bits per heavy atom. The van der Waals surface area contributed by atoms with Gasteiger partial charge in [0.25, 0.3) is 0 Å². The third-order valence-corrected chi connectivity index (χ3v) is 1.97. The molecule has 0 heterocycles. The predicted octanol–water partition coefficient (Wildman–Crippen LogP) is 2.92. The Bertz CT molecular complexity index is 313. The summed E-state index contributed by atoms with van der Waals surface area (Å²) in [6, 6.07) is 8.29. The van der Waals surface area contributed by atoms with Crippen LogP contribution in [0.4, 0.5) is 0 Å². The molecule has 0 aliphatic heterocycles. The van der Waals surface area contributed by atoms with E-state index in [4.69, 9.17) is 4.74 Å². The third kappa shape index (κ3) is 1.11. The second kappa shape index (κ2) is 3.02. The lowest BCUT2D eigenvalue weighted by Crippen LogP contribution is -2.02. The topological polar surface area (TPSA) is 9.23 Å². The molecule has 0 saturated heterocycles. The van der Waals surface area contributed by atoms with Gasteiger partial charge in [-0.3, -0.25) is 0 Å². The van der Waals surface area contributed by atoms with Crippen LogP contribution in [0.3, 0.4) is 0 Å². The molecule has 1 aromatic rings. The Labute approximate surface area is 72.7 Å². The molecular weight excluding hydrogens is 148 g/mol. The molecule has 1 heteroatoms. The molecule has 0 radical (unpaired) electrons. The van der Waals surface area contributed by atoms with Crippen LogP contribution in [-0.2, 0) is 4.74 Å².